The van der Waals surface area contributed by atoms with Gasteiger partial charge in [0, 0.05) is 23.0 Å². The third kappa shape index (κ3) is 1.89. The maximum Gasteiger partial charge on any atom is 0.135 e. The highest BCUT2D eigenvalue weighted by atomic mass is 15.1. The van der Waals surface area contributed by atoms with Gasteiger partial charge in [-0.25, -0.2) is 4.98 Å². The van der Waals surface area contributed by atoms with Gasteiger partial charge in [0.2, 0.25) is 0 Å². The molecule has 3 aromatic rings. The van der Waals surface area contributed by atoms with Crippen molar-refractivity contribution in [3.63, 3.8) is 0 Å². The highest BCUT2D eigenvalue weighted by molar-refractivity contribution is 6.15. The first-order valence-corrected chi connectivity index (χ1v) is 7.07. The molecule has 0 radical (unpaired) electrons. The molecule has 1 aliphatic rings. The van der Waals surface area contributed by atoms with Gasteiger partial charge < -0.3 is 0 Å². The minimum Gasteiger partial charge on any atom is -0.299 e. The molecular weight excluding hydrogens is 258 g/mol. The van der Waals surface area contributed by atoms with Crippen molar-refractivity contribution in [3.8, 4) is 5.69 Å². The topological polar surface area (TPSA) is 30.2 Å². The van der Waals surface area contributed by atoms with Gasteiger partial charge in [-0.15, -0.1) is 0 Å². The number of fused-ring (bicyclic) bond motifs is 3. The third-order valence-electron chi connectivity index (χ3n) is 3.84. The molecule has 0 atom stereocenters. The molecule has 2 aromatic carbocycles. The summed E-state index contributed by atoms with van der Waals surface area (Å²) in [5, 5.41) is 0. The molecule has 2 heterocycles. The Labute approximate surface area is 123 Å². The Morgan fingerprint density at radius 2 is 1.71 bits per heavy atom. The maximum absolute atomic E-state index is 4.82. The molecule has 0 bridgehead atoms. The van der Waals surface area contributed by atoms with Gasteiger partial charge in [0.15, 0.2) is 0 Å². The number of hydrogen-bond acceptors (Lipinski definition) is 2. The second-order valence-electron chi connectivity index (χ2n) is 5.20. The smallest absolute Gasteiger partial charge is 0.135 e. The van der Waals surface area contributed by atoms with E-state index in [9.17, 15) is 0 Å². The van der Waals surface area contributed by atoms with Crippen molar-refractivity contribution in [1.29, 1.82) is 0 Å². The third-order valence-corrected chi connectivity index (χ3v) is 3.84. The zero-order valence-electron chi connectivity index (χ0n) is 11.8. The van der Waals surface area contributed by atoms with E-state index in [1.165, 1.54) is 0 Å². The normalized spacial score (nSPS) is 13.1. The first-order chi connectivity index (χ1) is 10.3. The van der Waals surface area contributed by atoms with Gasteiger partial charge >= 0.3 is 0 Å². The van der Waals surface area contributed by atoms with Crippen LogP contribution in [0.2, 0.25) is 0 Å². The van der Waals surface area contributed by atoms with Crippen molar-refractivity contribution >= 4 is 5.71 Å². The van der Waals surface area contributed by atoms with Gasteiger partial charge in [0.25, 0.3) is 0 Å². The number of hydrogen-bond donors (Lipinski definition) is 0. The number of benzene rings is 2. The average molecular weight is 273 g/mol. The number of aromatic nitrogens is 2. The molecule has 0 N–H and O–H groups in total. The van der Waals surface area contributed by atoms with Crippen LogP contribution in [0, 0.1) is 6.92 Å². The van der Waals surface area contributed by atoms with Gasteiger partial charge in [-0.2, -0.15) is 0 Å². The van der Waals surface area contributed by atoms with Crippen molar-refractivity contribution in [2.24, 2.45) is 4.99 Å². The number of rotatable bonds is 1. The number of aliphatic imine (C=N–C) groups is 1. The fourth-order valence-electron chi connectivity index (χ4n) is 2.87. The molecule has 3 heteroatoms. The summed E-state index contributed by atoms with van der Waals surface area (Å²) in [5.74, 6) is 0.992. The van der Waals surface area contributed by atoms with E-state index in [2.05, 4.69) is 65.0 Å². The Bertz CT molecular complexity index is 829. The molecule has 0 saturated heterocycles. The van der Waals surface area contributed by atoms with Crippen LogP contribution in [0.5, 0.6) is 0 Å². The van der Waals surface area contributed by atoms with Crippen molar-refractivity contribution in [2.45, 2.75) is 13.5 Å². The lowest BCUT2D eigenvalue weighted by Gasteiger charge is -2.12. The quantitative estimate of drug-likeness (QED) is 0.667. The molecule has 0 aliphatic carbocycles. The van der Waals surface area contributed by atoms with E-state index in [1.54, 1.807) is 0 Å². The van der Waals surface area contributed by atoms with Crippen LogP contribution in [0.4, 0.5) is 0 Å². The molecule has 0 unspecified atom stereocenters. The molecule has 0 spiro atoms. The first-order valence-electron chi connectivity index (χ1n) is 7.07. The molecule has 21 heavy (non-hydrogen) atoms. The van der Waals surface area contributed by atoms with Crippen molar-refractivity contribution < 1.29 is 0 Å². The second kappa shape index (κ2) is 4.70. The summed E-state index contributed by atoms with van der Waals surface area (Å²) in [6.07, 6.45) is 1.91. The Balaban J connectivity index is 1.99. The predicted octanol–water partition coefficient (Wildman–Crippen LogP) is 3.53. The molecular formula is C18H15N3. The minimum absolute atomic E-state index is 0.604. The zero-order valence-corrected chi connectivity index (χ0v) is 11.8. The van der Waals surface area contributed by atoms with Gasteiger partial charge in [-0.05, 0) is 13.0 Å². The maximum atomic E-state index is 4.82. The van der Waals surface area contributed by atoms with E-state index < -0.39 is 0 Å². The Kier molecular flexibility index (Phi) is 2.71. The highest BCUT2D eigenvalue weighted by Crippen LogP contribution is 2.25. The summed E-state index contributed by atoms with van der Waals surface area (Å²) in [7, 11) is 0. The molecule has 0 fully saturated rings. The predicted molar refractivity (Wildman–Crippen MR) is 84.1 cm³/mol. The van der Waals surface area contributed by atoms with Crippen molar-refractivity contribution in [3.05, 3.63) is 83.4 Å². The lowest BCUT2D eigenvalue weighted by molar-refractivity contribution is 0.863. The highest BCUT2D eigenvalue weighted by Gasteiger charge is 2.19. The van der Waals surface area contributed by atoms with Crippen LogP contribution in [0.25, 0.3) is 5.69 Å². The van der Waals surface area contributed by atoms with Crippen molar-refractivity contribution in [2.75, 3.05) is 0 Å². The summed E-state index contributed by atoms with van der Waals surface area (Å²) in [6, 6.07) is 18.7. The first kappa shape index (κ1) is 12.1. The minimum atomic E-state index is 0.604. The molecule has 102 valence electrons. The molecule has 0 saturated carbocycles. The van der Waals surface area contributed by atoms with Gasteiger partial charge in [0.1, 0.15) is 5.82 Å². The second-order valence-corrected chi connectivity index (χ2v) is 5.20. The van der Waals surface area contributed by atoms with Gasteiger partial charge in [-0.1, -0.05) is 48.5 Å². The van der Waals surface area contributed by atoms with E-state index in [1.807, 2.05) is 12.3 Å². The summed E-state index contributed by atoms with van der Waals surface area (Å²) in [6.45, 7) is 2.69. The van der Waals surface area contributed by atoms with E-state index in [0.717, 1.165) is 34.0 Å². The molecule has 3 nitrogen and oxygen atoms in total. The van der Waals surface area contributed by atoms with E-state index in [-0.39, 0.29) is 0 Å². The number of nitrogens with zero attached hydrogens (tertiary/aromatic N) is 3. The lowest BCUT2D eigenvalue weighted by atomic mass is 10.0. The van der Waals surface area contributed by atoms with Gasteiger partial charge in [0.05, 0.1) is 17.9 Å². The van der Waals surface area contributed by atoms with Crippen LogP contribution in [0.3, 0.4) is 0 Å². The number of aryl methyl sites for hydroxylation is 1. The standard InChI is InChI=1S/C18H15N3/c1-13-11-19-17-12-20-18(14-7-3-2-4-8-14)15-9-5-6-10-16(15)21(13)17/h2-11H,12H2,1H3. The monoisotopic (exact) mass is 273 g/mol. The summed E-state index contributed by atoms with van der Waals surface area (Å²) in [4.78, 5) is 9.32. The van der Waals surface area contributed by atoms with Crippen LogP contribution in [-0.4, -0.2) is 15.3 Å². The van der Waals surface area contributed by atoms with Crippen LogP contribution < -0.4 is 0 Å². The largest absolute Gasteiger partial charge is 0.299 e. The van der Waals surface area contributed by atoms with E-state index in [0.29, 0.717) is 6.54 Å². The van der Waals surface area contributed by atoms with Crippen molar-refractivity contribution in [1.82, 2.24) is 9.55 Å². The van der Waals surface area contributed by atoms with Crippen LogP contribution in [0.15, 0.2) is 65.8 Å². The van der Waals surface area contributed by atoms with Crippen LogP contribution in [-0.2, 0) is 6.54 Å². The lowest BCUT2D eigenvalue weighted by Crippen LogP contribution is -2.07. The summed E-state index contributed by atoms with van der Waals surface area (Å²) in [5.41, 5.74) is 5.64. The fourth-order valence-corrected chi connectivity index (χ4v) is 2.87. The fraction of sp³-hybridized carbons (Fsp3) is 0.111. The molecule has 1 aromatic heterocycles. The SMILES string of the molecule is Cc1cnc2n1-c1ccccc1C(c1ccccc1)=NC2. The average Bonchev–Trinajstić information content (AvgIpc) is 2.81. The molecule has 0 amide bonds. The van der Waals surface area contributed by atoms with E-state index in [4.69, 9.17) is 4.99 Å². The van der Waals surface area contributed by atoms with Gasteiger partial charge in [-0.3, -0.25) is 9.56 Å². The van der Waals surface area contributed by atoms with Crippen LogP contribution >= 0.6 is 0 Å². The Morgan fingerprint density at radius 3 is 2.57 bits per heavy atom. The Morgan fingerprint density at radius 1 is 0.952 bits per heavy atom. The zero-order chi connectivity index (χ0) is 14.2. The van der Waals surface area contributed by atoms with E-state index >= 15 is 0 Å². The molecule has 1 aliphatic heterocycles. The summed E-state index contributed by atoms with van der Waals surface area (Å²) < 4.78 is 2.20. The van der Waals surface area contributed by atoms with Crippen LogP contribution in [0.1, 0.15) is 22.6 Å². The number of para-hydroxylation sites is 1. The molecule has 4 rings (SSSR count). The Hall–Kier alpha value is -2.68. The summed E-state index contributed by atoms with van der Waals surface area (Å²) >= 11 is 0. The number of imidazole rings is 1.